The Hall–Kier alpha value is -1.85. The van der Waals surface area contributed by atoms with E-state index in [4.69, 9.17) is 28.3 Å². The standard InChI is InChI=1S/C12H9Cl2N3O2/c1-6-15-5-10(12(18)19)11(16-6)17-9-3-7(13)2-8(14)4-9/h2-5H,1H3,(H,18,19)(H,15,16,17). The van der Waals surface area contributed by atoms with E-state index in [-0.39, 0.29) is 11.4 Å². The summed E-state index contributed by atoms with van der Waals surface area (Å²) in [4.78, 5) is 19.0. The summed E-state index contributed by atoms with van der Waals surface area (Å²) in [5.74, 6) is -0.463. The second-order valence-corrected chi connectivity index (χ2v) is 4.64. The van der Waals surface area contributed by atoms with Crippen molar-refractivity contribution in [2.45, 2.75) is 6.92 Å². The van der Waals surface area contributed by atoms with Gasteiger partial charge in [-0.2, -0.15) is 0 Å². The van der Waals surface area contributed by atoms with Crippen molar-refractivity contribution in [1.82, 2.24) is 9.97 Å². The molecule has 5 nitrogen and oxygen atoms in total. The molecule has 1 aromatic carbocycles. The third-order valence-corrected chi connectivity index (χ3v) is 2.70. The maximum Gasteiger partial charge on any atom is 0.341 e. The van der Waals surface area contributed by atoms with Crippen molar-refractivity contribution in [3.63, 3.8) is 0 Å². The number of carbonyl (C=O) groups is 1. The van der Waals surface area contributed by atoms with Gasteiger partial charge in [0, 0.05) is 21.9 Å². The van der Waals surface area contributed by atoms with E-state index in [2.05, 4.69) is 15.3 Å². The Morgan fingerprint density at radius 1 is 1.26 bits per heavy atom. The minimum Gasteiger partial charge on any atom is -0.477 e. The molecule has 0 unspecified atom stereocenters. The molecule has 0 fully saturated rings. The van der Waals surface area contributed by atoms with Gasteiger partial charge in [-0.05, 0) is 25.1 Å². The molecule has 0 saturated carbocycles. The molecule has 1 aromatic heterocycles. The van der Waals surface area contributed by atoms with E-state index in [1.54, 1.807) is 25.1 Å². The van der Waals surface area contributed by atoms with Crippen molar-refractivity contribution in [3.05, 3.63) is 45.8 Å². The number of aromatic carboxylic acids is 1. The fourth-order valence-electron chi connectivity index (χ4n) is 1.48. The second-order valence-electron chi connectivity index (χ2n) is 3.77. The molecule has 0 radical (unpaired) electrons. The lowest BCUT2D eigenvalue weighted by Gasteiger charge is -2.09. The van der Waals surface area contributed by atoms with Crippen LogP contribution in [-0.4, -0.2) is 21.0 Å². The number of carboxylic acid groups (broad SMARTS) is 1. The van der Waals surface area contributed by atoms with E-state index in [0.717, 1.165) is 0 Å². The van der Waals surface area contributed by atoms with Crippen molar-refractivity contribution < 1.29 is 9.90 Å². The number of aryl methyl sites for hydroxylation is 1. The van der Waals surface area contributed by atoms with Crippen molar-refractivity contribution in [1.29, 1.82) is 0 Å². The Morgan fingerprint density at radius 3 is 2.47 bits per heavy atom. The number of hydrogen-bond acceptors (Lipinski definition) is 4. The third kappa shape index (κ3) is 3.33. The Morgan fingerprint density at radius 2 is 1.89 bits per heavy atom. The molecule has 98 valence electrons. The predicted octanol–water partition coefficient (Wildman–Crippen LogP) is 3.53. The quantitative estimate of drug-likeness (QED) is 0.906. The number of nitrogens with one attached hydrogen (secondary N) is 1. The minimum atomic E-state index is -1.12. The van der Waals surface area contributed by atoms with E-state index in [1.165, 1.54) is 6.20 Å². The Balaban J connectivity index is 2.42. The van der Waals surface area contributed by atoms with E-state index in [9.17, 15) is 4.79 Å². The highest BCUT2D eigenvalue weighted by atomic mass is 35.5. The summed E-state index contributed by atoms with van der Waals surface area (Å²) >= 11 is 11.8. The number of anilines is 2. The average Bonchev–Trinajstić information content (AvgIpc) is 2.26. The molecule has 19 heavy (non-hydrogen) atoms. The monoisotopic (exact) mass is 297 g/mol. The van der Waals surface area contributed by atoms with E-state index >= 15 is 0 Å². The molecule has 7 heteroatoms. The topological polar surface area (TPSA) is 75.1 Å². The van der Waals surface area contributed by atoms with Crippen molar-refractivity contribution >= 4 is 40.7 Å². The summed E-state index contributed by atoms with van der Waals surface area (Å²) in [7, 11) is 0. The van der Waals surface area contributed by atoms with E-state index in [1.807, 2.05) is 0 Å². The molecule has 0 spiro atoms. The minimum absolute atomic E-state index is 0.0262. The molecule has 0 amide bonds. The lowest BCUT2D eigenvalue weighted by atomic mass is 10.2. The van der Waals surface area contributed by atoms with Crippen LogP contribution in [0.4, 0.5) is 11.5 Å². The molecule has 2 N–H and O–H groups in total. The maximum absolute atomic E-state index is 11.1. The number of aromatic nitrogens is 2. The molecule has 0 atom stereocenters. The van der Waals surface area contributed by atoms with Gasteiger partial charge < -0.3 is 10.4 Å². The van der Waals surface area contributed by atoms with Gasteiger partial charge in [0.25, 0.3) is 0 Å². The number of hydrogen-bond donors (Lipinski definition) is 2. The zero-order valence-electron chi connectivity index (χ0n) is 9.82. The van der Waals surface area contributed by atoms with Gasteiger partial charge in [-0.15, -0.1) is 0 Å². The van der Waals surface area contributed by atoms with Crippen LogP contribution in [0.3, 0.4) is 0 Å². The highest BCUT2D eigenvalue weighted by molar-refractivity contribution is 6.35. The number of rotatable bonds is 3. The van der Waals surface area contributed by atoms with Crippen LogP contribution < -0.4 is 5.32 Å². The van der Waals surface area contributed by atoms with Crippen LogP contribution in [0.25, 0.3) is 0 Å². The average molecular weight is 298 g/mol. The van der Waals surface area contributed by atoms with Gasteiger partial charge in [0.1, 0.15) is 17.2 Å². The zero-order chi connectivity index (χ0) is 14.0. The van der Waals surface area contributed by atoms with Gasteiger partial charge in [-0.25, -0.2) is 14.8 Å². The molecule has 2 aromatic rings. The Bertz CT molecular complexity index is 627. The zero-order valence-corrected chi connectivity index (χ0v) is 11.3. The molecular formula is C12H9Cl2N3O2. The van der Waals surface area contributed by atoms with Crippen molar-refractivity contribution in [3.8, 4) is 0 Å². The fraction of sp³-hybridized carbons (Fsp3) is 0.0833. The predicted molar refractivity (Wildman–Crippen MR) is 73.5 cm³/mol. The first kappa shape index (κ1) is 13.6. The first-order chi connectivity index (χ1) is 8.95. The molecule has 0 bridgehead atoms. The molecule has 0 aliphatic carbocycles. The van der Waals surface area contributed by atoms with Crippen molar-refractivity contribution in [2.75, 3.05) is 5.32 Å². The van der Waals surface area contributed by atoms with Gasteiger partial charge in [-0.1, -0.05) is 23.2 Å². The first-order valence-electron chi connectivity index (χ1n) is 5.26. The van der Waals surface area contributed by atoms with Crippen LogP contribution in [0.1, 0.15) is 16.2 Å². The van der Waals surface area contributed by atoms with Crippen LogP contribution in [0.2, 0.25) is 10.0 Å². The largest absolute Gasteiger partial charge is 0.477 e. The van der Waals surface area contributed by atoms with Crippen LogP contribution in [0.5, 0.6) is 0 Å². The number of halogens is 2. The van der Waals surface area contributed by atoms with Crippen LogP contribution in [0, 0.1) is 6.92 Å². The maximum atomic E-state index is 11.1. The van der Waals surface area contributed by atoms with Crippen molar-refractivity contribution in [2.24, 2.45) is 0 Å². The van der Waals surface area contributed by atoms with Crippen LogP contribution in [-0.2, 0) is 0 Å². The van der Waals surface area contributed by atoms with Crippen LogP contribution >= 0.6 is 23.2 Å². The molecule has 1 heterocycles. The molecule has 0 aliphatic heterocycles. The van der Waals surface area contributed by atoms with E-state index in [0.29, 0.717) is 21.6 Å². The van der Waals surface area contributed by atoms with Gasteiger partial charge in [-0.3, -0.25) is 0 Å². The number of carboxylic acids is 1. The molecule has 0 aliphatic rings. The lowest BCUT2D eigenvalue weighted by molar-refractivity contribution is 0.0697. The molecule has 0 saturated heterocycles. The summed E-state index contributed by atoms with van der Waals surface area (Å²) in [5.41, 5.74) is 0.528. The summed E-state index contributed by atoms with van der Waals surface area (Å²) in [5, 5.41) is 12.8. The number of benzene rings is 1. The third-order valence-electron chi connectivity index (χ3n) is 2.26. The SMILES string of the molecule is Cc1ncc(C(=O)O)c(Nc2cc(Cl)cc(Cl)c2)n1. The fourth-order valence-corrected chi connectivity index (χ4v) is 2.01. The normalized spacial score (nSPS) is 10.3. The smallest absolute Gasteiger partial charge is 0.341 e. The summed E-state index contributed by atoms with van der Waals surface area (Å²) in [6.45, 7) is 1.67. The Kier molecular flexibility index (Phi) is 3.87. The van der Waals surface area contributed by atoms with Gasteiger partial charge in [0.15, 0.2) is 0 Å². The second kappa shape index (κ2) is 5.42. The molecule has 2 rings (SSSR count). The Labute approximate surface area is 119 Å². The molecular weight excluding hydrogens is 289 g/mol. The highest BCUT2D eigenvalue weighted by Gasteiger charge is 2.13. The lowest BCUT2D eigenvalue weighted by Crippen LogP contribution is -2.07. The van der Waals surface area contributed by atoms with Gasteiger partial charge >= 0.3 is 5.97 Å². The summed E-state index contributed by atoms with van der Waals surface area (Å²) in [6, 6.07) is 4.82. The summed E-state index contributed by atoms with van der Waals surface area (Å²) < 4.78 is 0. The van der Waals surface area contributed by atoms with Gasteiger partial charge in [0.05, 0.1) is 0 Å². The number of nitrogens with zero attached hydrogens (tertiary/aromatic N) is 2. The van der Waals surface area contributed by atoms with E-state index < -0.39 is 5.97 Å². The first-order valence-corrected chi connectivity index (χ1v) is 6.01. The van der Waals surface area contributed by atoms with Gasteiger partial charge in [0.2, 0.25) is 0 Å². The van der Waals surface area contributed by atoms with Crippen LogP contribution in [0.15, 0.2) is 24.4 Å². The summed E-state index contributed by atoms with van der Waals surface area (Å²) in [6.07, 6.45) is 1.25. The highest BCUT2D eigenvalue weighted by Crippen LogP contribution is 2.25.